The highest BCUT2D eigenvalue weighted by Gasteiger charge is 2.14. The number of benzene rings is 1. The summed E-state index contributed by atoms with van der Waals surface area (Å²) in [6, 6.07) is 9.03. The summed E-state index contributed by atoms with van der Waals surface area (Å²) in [4.78, 5) is 25.5. The van der Waals surface area contributed by atoms with Crippen molar-refractivity contribution < 1.29 is 4.79 Å². The molecule has 0 saturated carbocycles. The number of hydrogen-bond donors (Lipinski definition) is 1. The summed E-state index contributed by atoms with van der Waals surface area (Å²) >= 11 is 7.57. The van der Waals surface area contributed by atoms with Gasteiger partial charge in [-0.05, 0) is 18.6 Å². The van der Waals surface area contributed by atoms with Gasteiger partial charge in [0.1, 0.15) is 21.7 Å². The number of anilines is 1. The molecular formula is C18H17ClN4OS. The summed E-state index contributed by atoms with van der Waals surface area (Å²) in [5.41, 5.74) is 1.82. The van der Waals surface area contributed by atoms with Crippen LogP contribution in [0.2, 0.25) is 5.15 Å². The Kier molecular flexibility index (Phi) is 5.73. The number of carbonyl (C=O) groups is 1. The number of para-hydroxylation sites is 1. The first-order valence-electron chi connectivity index (χ1n) is 8.01. The summed E-state index contributed by atoms with van der Waals surface area (Å²) < 4.78 is 0. The van der Waals surface area contributed by atoms with Gasteiger partial charge in [0.05, 0.1) is 5.69 Å². The lowest BCUT2D eigenvalue weighted by molar-refractivity contribution is 0.102. The maximum Gasteiger partial charge on any atom is 0.274 e. The van der Waals surface area contributed by atoms with Crippen LogP contribution < -0.4 is 5.32 Å². The highest BCUT2D eigenvalue weighted by molar-refractivity contribution is 7.13. The van der Waals surface area contributed by atoms with Gasteiger partial charge >= 0.3 is 0 Å². The van der Waals surface area contributed by atoms with Crippen molar-refractivity contribution in [3.8, 4) is 10.6 Å². The molecule has 0 radical (unpaired) electrons. The van der Waals surface area contributed by atoms with Crippen LogP contribution >= 0.6 is 22.9 Å². The molecule has 25 heavy (non-hydrogen) atoms. The third-order valence-corrected chi connectivity index (χ3v) is 4.57. The van der Waals surface area contributed by atoms with Crippen molar-refractivity contribution in [2.24, 2.45) is 0 Å². The second-order valence-corrected chi connectivity index (χ2v) is 6.71. The maximum absolute atomic E-state index is 12.6. The zero-order chi connectivity index (χ0) is 17.6. The zero-order valence-electron chi connectivity index (χ0n) is 13.7. The van der Waals surface area contributed by atoms with Gasteiger partial charge in [-0.15, -0.1) is 11.3 Å². The molecule has 0 atom stereocenters. The average Bonchev–Trinajstić information content (AvgIpc) is 3.14. The first kappa shape index (κ1) is 17.5. The predicted octanol–water partition coefficient (Wildman–Crippen LogP) is 4.85. The first-order valence-corrected chi connectivity index (χ1v) is 9.27. The summed E-state index contributed by atoms with van der Waals surface area (Å²) in [5, 5.41) is 5.93. The van der Waals surface area contributed by atoms with Crippen LogP contribution in [0.25, 0.3) is 10.6 Å². The van der Waals surface area contributed by atoms with Gasteiger partial charge in [0, 0.05) is 29.6 Å². The molecule has 1 N–H and O–H groups in total. The molecule has 0 aliphatic rings. The van der Waals surface area contributed by atoms with E-state index in [1.54, 1.807) is 6.20 Å². The lowest BCUT2D eigenvalue weighted by Crippen LogP contribution is -2.16. The Bertz CT molecular complexity index is 867. The molecule has 3 aromatic rings. The fourth-order valence-corrected chi connectivity index (χ4v) is 3.23. The van der Waals surface area contributed by atoms with E-state index >= 15 is 0 Å². The van der Waals surface area contributed by atoms with E-state index in [1.165, 1.54) is 17.4 Å². The zero-order valence-corrected chi connectivity index (χ0v) is 15.3. The molecule has 0 fully saturated rings. The molecule has 128 valence electrons. The molecule has 2 aromatic heterocycles. The molecule has 1 amide bonds. The number of halogens is 1. The van der Waals surface area contributed by atoms with Crippen molar-refractivity contribution in [1.82, 2.24) is 15.0 Å². The molecule has 7 heteroatoms. The Morgan fingerprint density at radius 1 is 1.28 bits per heavy atom. The van der Waals surface area contributed by atoms with E-state index in [0.29, 0.717) is 17.9 Å². The summed E-state index contributed by atoms with van der Waals surface area (Å²) in [5.74, 6) is 0.277. The van der Waals surface area contributed by atoms with Gasteiger partial charge in [-0.2, -0.15) is 0 Å². The van der Waals surface area contributed by atoms with Crippen LogP contribution in [0, 0.1) is 0 Å². The molecule has 1 aromatic carbocycles. The van der Waals surface area contributed by atoms with Crippen LogP contribution in [0.15, 0.2) is 41.9 Å². The molecular weight excluding hydrogens is 356 g/mol. The summed E-state index contributed by atoms with van der Waals surface area (Å²) in [6.45, 7) is 2.09. The molecule has 2 heterocycles. The molecule has 0 aliphatic carbocycles. The Morgan fingerprint density at radius 3 is 2.88 bits per heavy atom. The highest BCUT2D eigenvalue weighted by Crippen LogP contribution is 2.29. The van der Waals surface area contributed by atoms with Gasteiger partial charge < -0.3 is 5.32 Å². The van der Waals surface area contributed by atoms with E-state index in [0.717, 1.165) is 23.4 Å². The smallest absolute Gasteiger partial charge is 0.274 e. The van der Waals surface area contributed by atoms with Crippen LogP contribution in [0.1, 0.15) is 36.1 Å². The number of nitrogens with zero attached hydrogens (tertiary/aromatic N) is 3. The van der Waals surface area contributed by atoms with Gasteiger partial charge in [-0.25, -0.2) is 15.0 Å². The normalized spacial score (nSPS) is 10.6. The lowest BCUT2D eigenvalue weighted by atomic mass is 10.2. The monoisotopic (exact) mass is 372 g/mol. The summed E-state index contributed by atoms with van der Waals surface area (Å²) in [7, 11) is 0. The minimum Gasteiger partial charge on any atom is -0.320 e. The molecule has 0 spiro atoms. The van der Waals surface area contributed by atoms with Crippen molar-refractivity contribution in [1.29, 1.82) is 0 Å². The van der Waals surface area contributed by atoms with Crippen molar-refractivity contribution in [2.45, 2.75) is 26.2 Å². The first-order chi connectivity index (χ1) is 12.2. The third-order valence-electron chi connectivity index (χ3n) is 3.57. The van der Waals surface area contributed by atoms with Crippen molar-refractivity contribution in [3.63, 3.8) is 0 Å². The highest BCUT2D eigenvalue weighted by atomic mass is 35.5. The minimum atomic E-state index is -0.314. The number of aromatic nitrogens is 3. The molecule has 0 bridgehead atoms. The quantitative estimate of drug-likeness (QED) is 0.628. The number of thiazole rings is 1. The lowest BCUT2D eigenvalue weighted by Gasteiger charge is -2.10. The molecule has 0 unspecified atom stereocenters. The summed E-state index contributed by atoms with van der Waals surface area (Å²) in [6.07, 6.45) is 4.42. The van der Waals surface area contributed by atoms with Crippen molar-refractivity contribution >= 4 is 34.5 Å². The van der Waals surface area contributed by atoms with E-state index < -0.39 is 0 Å². The fraction of sp³-hybridized carbons (Fsp3) is 0.222. The van der Waals surface area contributed by atoms with Crippen LogP contribution in [0.4, 0.5) is 5.69 Å². The number of amides is 1. The SMILES string of the molecule is CCCCc1nc(Cl)cc(C(=O)Nc2ccccc2-c2nccs2)n1. The third kappa shape index (κ3) is 4.41. The average molecular weight is 373 g/mol. The largest absolute Gasteiger partial charge is 0.320 e. The number of hydrogen-bond acceptors (Lipinski definition) is 5. The van der Waals surface area contributed by atoms with Crippen LogP contribution in [0.3, 0.4) is 0 Å². The van der Waals surface area contributed by atoms with E-state index in [1.807, 2.05) is 29.6 Å². The maximum atomic E-state index is 12.6. The van der Waals surface area contributed by atoms with Gasteiger partial charge in [-0.3, -0.25) is 4.79 Å². The second kappa shape index (κ2) is 8.18. The second-order valence-electron chi connectivity index (χ2n) is 5.43. The topological polar surface area (TPSA) is 67.8 Å². The Balaban J connectivity index is 1.85. The van der Waals surface area contributed by atoms with Gasteiger partial charge in [0.25, 0.3) is 5.91 Å². The number of aryl methyl sites for hydroxylation is 1. The standard InChI is InChI=1S/C18H17ClN4OS/c1-2-3-8-16-21-14(11-15(19)23-16)17(24)22-13-7-5-4-6-12(13)18-20-9-10-25-18/h4-7,9-11H,2-3,8H2,1H3,(H,22,24). The number of carbonyl (C=O) groups excluding carboxylic acids is 1. The number of unbranched alkanes of at least 4 members (excludes halogenated alkanes) is 1. The Labute approximate surface area is 155 Å². The van der Waals surface area contributed by atoms with Gasteiger partial charge in [0.15, 0.2) is 0 Å². The Hall–Kier alpha value is -2.31. The van der Waals surface area contributed by atoms with E-state index in [2.05, 4.69) is 27.2 Å². The number of rotatable bonds is 6. The van der Waals surface area contributed by atoms with Gasteiger partial charge in [-0.1, -0.05) is 37.1 Å². The van der Waals surface area contributed by atoms with Crippen LogP contribution in [0.5, 0.6) is 0 Å². The van der Waals surface area contributed by atoms with Crippen molar-refractivity contribution in [2.75, 3.05) is 5.32 Å². The van der Waals surface area contributed by atoms with Crippen molar-refractivity contribution in [3.05, 3.63) is 58.6 Å². The minimum absolute atomic E-state index is 0.264. The molecule has 0 saturated heterocycles. The van der Waals surface area contributed by atoms with Gasteiger partial charge in [0.2, 0.25) is 0 Å². The molecule has 5 nitrogen and oxygen atoms in total. The van der Waals surface area contributed by atoms with E-state index in [9.17, 15) is 4.79 Å². The van der Waals surface area contributed by atoms with E-state index in [-0.39, 0.29) is 16.8 Å². The van der Waals surface area contributed by atoms with E-state index in [4.69, 9.17) is 11.6 Å². The molecule has 3 rings (SSSR count). The Morgan fingerprint density at radius 2 is 2.12 bits per heavy atom. The van der Waals surface area contributed by atoms with Crippen LogP contribution in [-0.4, -0.2) is 20.9 Å². The molecule has 0 aliphatic heterocycles. The predicted molar refractivity (Wildman–Crippen MR) is 101 cm³/mol. The fourth-order valence-electron chi connectivity index (χ4n) is 2.35. The number of nitrogens with one attached hydrogen (secondary N) is 1. The van der Waals surface area contributed by atoms with Crippen LogP contribution in [-0.2, 0) is 6.42 Å².